The third-order valence-electron chi connectivity index (χ3n) is 3.63. The number of carbonyl (C=O) groups excluding carboxylic acids is 1. The first-order valence-corrected chi connectivity index (χ1v) is 8.81. The summed E-state index contributed by atoms with van der Waals surface area (Å²) in [6.07, 6.45) is 1.63. The Labute approximate surface area is 156 Å². The molecule has 1 amide bonds. The molecule has 3 heterocycles. The Bertz CT molecular complexity index is 1080. The lowest BCUT2D eigenvalue weighted by molar-refractivity contribution is 0.0950. The number of hydrogen-bond donors (Lipinski definition) is 1. The zero-order valence-corrected chi connectivity index (χ0v) is 14.6. The van der Waals surface area contributed by atoms with E-state index < -0.39 is 5.91 Å². The highest BCUT2D eigenvalue weighted by Gasteiger charge is 2.17. The number of thiazole rings is 1. The normalized spacial score (nSPS) is 10.7. The number of carbonyl (C=O) groups is 1. The topological polar surface area (TPSA) is 93.8 Å². The number of aromatic nitrogens is 4. The summed E-state index contributed by atoms with van der Waals surface area (Å²) < 4.78 is 18.8. The van der Waals surface area contributed by atoms with Gasteiger partial charge in [0.25, 0.3) is 11.8 Å². The Kier molecular flexibility index (Phi) is 4.67. The predicted octanol–water partition coefficient (Wildman–Crippen LogP) is 3.32. The summed E-state index contributed by atoms with van der Waals surface area (Å²) in [4.78, 5) is 24.9. The van der Waals surface area contributed by atoms with Gasteiger partial charge in [0, 0.05) is 23.7 Å². The fourth-order valence-corrected chi connectivity index (χ4v) is 3.00. The lowest BCUT2D eigenvalue weighted by Gasteiger charge is -2.04. The zero-order valence-electron chi connectivity index (χ0n) is 13.8. The van der Waals surface area contributed by atoms with E-state index in [-0.39, 0.29) is 23.3 Å². The largest absolute Gasteiger partial charge is 0.346 e. The molecule has 4 rings (SSSR count). The van der Waals surface area contributed by atoms with E-state index in [1.165, 1.54) is 6.07 Å². The van der Waals surface area contributed by atoms with Crippen LogP contribution in [0.4, 0.5) is 4.39 Å². The SMILES string of the molecule is O=C(NCc1ccccc1F)c1nc(-c2nc(-c3ccccn3)no2)cs1. The van der Waals surface area contributed by atoms with Crippen molar-refractivity contribution in [2.45, 2.75) is 6.54 Å². The van der Waals surface area contributed by atoms with Gasteiger partial charge in [-0.05, 0) is 18.2 Å². The third-order valence-corrected chi connectivity index (χ3v) is 4.48. The Morgan fingerprint density at radius 2 is 1.96 bits per heavy atom. The van der Waals surface area contributed by atoms with Gasteiger partial charge in [-0.3, -0.25) is 9.78 Å². The summed E-state index contributed by atoms with van der Waals surface area (Å²) in [5.41, 5.74) is 1.37. The molecular weight excluding hydrogens is 369 g/mol. The van der Waals surface area contributed by atoms with Crippen molar-refractivity contribution in [1.29, 1.82) is 0 Å². The Hall–Kier alpha value is -3.46. The van der Waals surface area contributed by atoms with Crippen LogP contribution in [0.2, 0.25) is 0 Å². The van der Waals surface area contributed by atoms with Crippen LogP contribution in [0.1, 0.15) is 15.4 Å². The minimum absolute atomic E-state index is 0.0742. The van der Waals surface area contributed by atoms with Crippen LogP contribution in [0, 0.1) is 5.82 Å². The van der Waals surface area contributed by atoms with Crippen LogP contribution in [0.3, 0.4) is 0 Å². The van der Waals surface area contributed by atoms with Crippen LogP contribution >= 0.6 is 11.3 Å². The first kappa shape index (κ1) is 17.0. The molecule has 3 aromatic heterocycles. The van der Waals surface area contributed by atoms with E-state index >= 15 is 0 Å². The van der Waals surface area contributed by atoms with Crippen molar-refractivity contribution in [3.63, 3.8) is 0 Å². The second-order valence-electron chi connectivity index (χ2n) is 5.45. The van der Waals surface area contributed by atoms with E-state index in [0.717, 1.165) is 11.3 Å². The van der Waals surface area contributed by atoms with Gasteiger partial charge >= 0.3 is 0 Å². The Morgan fingerprint density at radius 3 is 2.78 bits per heavy atom. The quantitative estimate of drug-likeness (QED) is 0.570. The third kappa shape index (κ3) is 3.72. The van der Waals surface area contributed by atoms with Gasteiger partial charge < -0.3 is 9.84 Å². The summed E-state index contributed by atoms with van der Waals surface area (Å²) in [7, 11) is 0. The van der Waals surface area contributed by atoms with E-state index in [1.54, 1.807) is 41.9 Å². The van der Waals surface area contributed by atoms with E-state index in [4.69, 9.17) is 4.52 Å². The van der Waals surface area contributed by atoms with Gasteiger partial charge in [0.15, 0.2) is 5.01 Å². The molecule has 0 aliphatic carbocycles. The van der Waals surface area contributed by atoms with Crippen molar-refractivity contribution in [3.8, 4) is 23.1 Å². The molecule has 1 N–H and O–H groups in total. The van der Waals surface area contributed by atoms with Crippen molar-refractivity contribution < 1.29 is 13.7 Å². The molecule has 0 aliphatic heterocycles. The highest BCUT2D eigenvalue weighted by Crippen LogP contribution is 2.23. The molecule has 1 aromatic carbocycles. The Morgan fingerprint density at radius 1 is 1.11 bits per heavy atom. The smallest absolute Gasteiger partial charge is 0.280 e. The molecule has 4 aromatic rings. The molecule has 0 fully saturated rings. The molecule has 9 heteroatoms. The molecule has 0 saturated heterocycles. The second kappa shape index (κ2) is 7.42. The number of pyridine rings is 1. The maximum atomic E-state index is 13.6. The van der Waals surface area contributed by atoms with Gasteiger partial charge in [0.1, 0.15) is 17.2 Å². The molecule has 27 heavy (non-hydrogen) atoms. The van der Waals surface area contributed by atoms with Crippen molar-refractivity contribution in [1.82, 2.24) is 25.4 Å². The molecule has 7 nitrogen and oxygen atoms in total. The fourth-order valence-electron chi connectivity index (χ4n) is 2.30. The minimum atomic E-state index is -0.404. The number of benzene rings is 1. The molecule has 0 aliphatic rings. The zero-order chi connectivity index (χ0) is 18.6. The molecule has 0 saturated carbocycles. The molecule has 0 radical (unpaired) electrons. The molecule has 134 valence electrons. The first-order chi connectivity index (χ1) is 13.2. The van der Waals surface area contributed by atoms with E-state index in [1.807, 2.05) is 6.07 Å². The summed E-state index contributed by atoms with van der Waals surface area (Å²) in [5.74, 6) is -0.242. The highest BCUT2D eigenvalue weighted by molar-refractivity contribution is 7.12. The summed E-state index contributed by atoms with van der Waals surface area (Å²) in [5, 5.41) is 8.39. The maximum absolute atomic E-state index is 13.6. The van der Waals surface area contributed by atoms with Crippen LogP contribution in [0.5, 0.6) is 0 Å². The number of amides is 1. The number of hydrogen-bond acceptors (Lipinski definition) is 7. The van der Waals surface area contributed by atoms with Crippen LogP contribution in [-0.4, -0.2) is 26.0 Å². The summed E-state index contributed by atoms with van der Waals surface area (Å²) >= 11 is 1.14. The predicted molar refractivity (Wildman–Crippen MR) is 96.2 cm³/mol. The molecule has 0 atom stereocenters. The van der Waals surface area contributed by atoms with E-state index in [9.17, 15) is 9.18 Å². The number of nitrogens with zero attached hydrogens (tertiary/aromatic N) is 4. The minimum Gasteiger partial charge on any atom is -0.346 e. The van der Waals surface area contributed by atoms with Gasteiger partial charge in [0.2, 0.25) is 5.82 Å². The van der Waals surface area contributed by atoms with Crippen molar-refractivity contribution in [2.75, 3.05) is 0 Å². The summed E-state index contributed by atoms with van der Waals surface area (Å²) in [6.45, 7) is 0.0742. The molecule has 0 unspecified atom stereocenters. The van der Waals surface area contributed by atoms with Gasteiger partial charge in [-0.25, -0.2) is 9.37 Å². The van der Waals surface area contributed by atoms with Crippen LogP contribution < -0.4 is 5.32 Å². The first-order valence-electron chi connectivity index (χ1n) is 7.93. The van der Waals surface area contributed by atoms with Crippen LogP contribution in [0.25, 0.3) is 23.1 Å². The lowest BCUT2D eigenvalue weighted by Crippen LogP contribution is -2.23. The molecular formula is C18H12FN5O2S. The average Bonchev–Trinajstić information content (AvgIpc) is 3.37. The van der Waals surface area contributed by atoms with Crippen molar-refractivity contribution in [3.05, 3.63) is 70.4 Å². The average molecular weight is 381 g/mol. The van der Waals surface area contributed by atoms with Gasteiger partial charge in [-0.2, -0.15) is 4.98 Å². The number of halogens is 1. The summed E-state index contributed by atoms with van der Waals surface area (Å²) in [6, 6.07) is 11.6. The Balaban J connectivity index is 1.46. The standard InChI is InChI=1S/C18H12FN5O2S/c19-12-6-2-1-5-11(12)9-21-16(25)18-22-14(10-27-18)17-23-15(24-26-17)13-7-3-4-8-20-13/h1-8,10H,9H2,(H,21,25). The van der Waals surface area contributed by atoms with Crippen LogP contribution in [0.15, 0.2) is 58.6 Å². The monoisotopic (exact) mass is 381 g/mol. The molecule has 0 spiro atoms. The van der Waals surface area contributed by atoms with Gasteiger partial charge in [-0.1, -0.05) is 29.4 Å². The maximum Gasteiger partial charge on any atom is 0.280 e. The second-order valence-corrected chi connectivity index (χ2v) is 6.31. The highest BCUT2D eigenvalue weighted by atomic mass is 32.1. The van der Waals surface area contributed by atoms with Gasteiger partial charge in [0.05, 0.1) is 0 Å². The van der Waals surface area contributed by atoms with Crippen molar-refractivity contribution >= 4 is 17.2 Å². The number of rotatable bonds is 5. The van der Waals surface area contributed by atoms with Crippen molar-refractivity contribution in [2.24, 2.45) is 0 Å². The number of nitrogens with one attached hydrogen (secondary N) is 1. The van der Waals surface area contributed by atoms with Gasteiger partial charge in [-0.15, -0.1) is 11.3 Å². The van der Waals surface area contributed by atoms with E-state index in [0.29, 0.717) is 22.8 Å². The molecule has 0 bridgehead atoms. The van der Waals surface area contributed by atoms with Crippen LogP contribution in [-0.2, 0) is 6.54 Å². The van der Waals surface area contributed by atoms with E-state index in [2.05, 4.69) is 25.4 Å². The fraction of sp³-hybridized carbons (Fsp3) is 0.0556. The lowest BCUT2D eigenvalue weighted by atomic mass is 10.2.